The largest absolute Gasteiger partial charge is 0.416 e. The Bertz CT molecular complexity index is 1640. The van der Waals surface area contributed by atoms with Gasteiger partial charge in [0.05, 0.1) is 35.2 Å². The fourth-order valence-corrected chi connectivity index (χ4v) is 5.55. The fraction of sp³-hybridized carbons (Fsp3) is 0.464. The van der Waals surface area contributed by atoms with E-state index in [1.807, 2.05) is 17.9 Å². The number of hydrogen-bond donors (Lipinski definition) is 1. The van der Waals surface area contributed by atoms with Crippen LogP contribution >= 0.6 is 11.6 Å². The summed E-state index contributed by atoms with van der Waals surface area (Å²) in [5.41, 5.74) is 0.401. The molecule has 1 aromatic carbocycles. The van der Waals surface area contributed by atoms with Crippen molar-refractivity contribution < 1.29 is 27.5 Å². The molecule has 4 heterocycles. The van der Waals surface area contributed by atoms with Crippen LogP contribution in [0.3, 0.4) is 0 Å². The molecule has 1 N–H and O–H groups in total. The molecule has 2 amide bonds. The molecule has 0 bridgehead atoms. The highest BCUT2D eigenvalue weighted by atomic mass is 35.5. The van der Waals surface area contributed by atoms with Gasteiger partial charge in [-0.15, -0.1) is 5.10 Å². The fourth-order valence-electron chi connectivity index (χ4n) is 5.32. The van der Waals surface area contributed by atoms with Gasteiger partial charge in [-0.1, -0.05) is 31.5 Å². The maximum absolute atomic E-state index is 13.9. The second-order valence-corrected chi connectivity index (χ2v) is 10.6. The van der Waals surface area contributed by atoms with Gasteiger partial charge in [-0.2, -0.15) is 22.7 Å². The first kappa shape index (κ1) is 30.5. The molecule has 0 saturated carbocycles. The molecule has 11 nitrogen and oxygen atoms in total. The lowest BCUT2D eigenvalue weighted by atomic mass is 10.1. The van der Waals surface area contributed by atoms with Crippen molar-refractivity contribution in [2.45, 2.75) is 45.8 Å². The third-order valence-corrected chi connectivity index (χ3v) is 7.85. The van der Waals surface area contributed by atoms with Crippen LogP contribution in [-0.4, -0.2) is 75.3 Å². The molecule has 0 radical (unpaired) electrons. The number of amides is 2. The zero-order chi connectivity index (χ0) is 30.9. The number of benzene rings is 1. The molecule has 2 aromatic heterocycles. The Labute approximate surface area is 249 Å². The number of halogens is 4. The van der Waals surface area contributed by atoms with Gasteiger partial charge >= 0.3 is 6.18 Å². The van der Waals surface area contributed by atoms with E-state index in [9.17, 15) is 27.6 Å². The van der Waals surface area contributed by atoms with Gasteiger partial charge < -0.3 is 24.4 Å². The summed E-state index contributed by atoms with van der Waals surface area (Å²) < 4.78 is 47.5. The number of anilines is 2. The second-order valence-electron chi connectivity index (χ2n) is 10.2. The van der Waals surface area contributed by atoms with Crippen LogP contribution in [0.2, 0.25) is 5.02 Å². The van der Waals surface area contributed by atoms with E-state index in [2.05, 4.69) is 15.4 Å². The Morgan fingerprint density at radius 3 is 2.49 bits per heavy atom. The molecule has 3 aromatic rings. The molecule has 0 aliphatic carbocycles. The minimum Gasteiger partial charge on any atom is -0.377 e. The number of aromatic nitrogens is 4. The summed E-state index contributed by atoms with van der Waals surface area (Å²) in [6.45, 7) is 5.91. The minimum absolute atomic E-state index is 0.0150. The van der Waals surface area contributed by atoms with E-state index < -0.39 is 23.2 Å². The number of nitrogens with one attached hydrogen (secondary N) is 1. The van der Waals surface area contributed by atoms with Crippen LogP contribution in [0.25, 0.3) is 11.4 Å². The third kappa shape index (κ3) is 6.25. The average molecular weight is 622 g/mol. The molecular formula is C28H31ClF3N7O4. The standard InChI is InChI=1S/C28H31ClF3N7O4/c1-3-21-24(37-11-9-36(10-12-37)23(41)4-2)26(42)39-27(34-25(35-39)17-7-13-43-14-8-17)38(21)16-22(40)33-20-6-5-18(15-19(20)29)28(30,31)32/h5-7,15H,3-4,8-14,16H2,1-2H3,(H,33,40). The van der Waals surface area contributed by atoms with E-state index in [-0.39, 0.29) is 28.9 Å². The summed E-state index contributed by atoms with van der Waals surface area (Å²) in [5.74, 6) is -0.0482. The van der Waals surface area contributed by atoms with Crippen molar-refractivity contribution in [1.29, 1.82) is 0 Å². The van der Waals surface area contributed by atoms with Crippen LogP contribution in [-0.2, 0) is 33.5 Å². The molecule has 43 heavy (non-hydrogen) atoms. The molecule has 15 heteroatoms. The van der Waals surface area contributed by atoms with Crippen LogP contribution < -0.4 is 15.8 Å². The van der Waals surface area contributed by atoms with E-state index in [0.717, 1.165) is 23.8 Å². The molecule has 230 valence electrons. The molecule has 2 aliphatic heterocycles. The first-order chi connectivity index (χ1) is 20.5. The highest BCUT2D eigenvalue weighted by molar-refractivity contribution is 6.33. The topological polar surface area (TPSA) is 114 Å². The van der Waals surface area contributed by atoms with Gasteiger partial charge in [0.15, 0.2) is 5.82 Å². The van der Waals surface area contributed by atoms with E-state index in [1.165, 1.54) is 4.52 Å². The van der Waals surface area contributed by atoms with Crippen LogP contribution in [0.5, 0.6) is 0 Å². The molecule has 5 rings (SSSR count). The Hall–Kier alpha value is -3.91. The zero-order valence-electron chi connectivity index (χ0n) is 23.7. The van der Waals surface area contributed by atoms with Crippen LogP contribution in [0.15, 0.2) is 29.1 Å². The summed E-state index contributed by atoms with van der Waals surface area (Å²) >= 11 is 6.08. The van der Waals surface area contributed by atoms with Crippen LogP contribution in [0.1, 0.15) is 43.8 Å². The number of ether oxygens (including phenoxy) is 1. The predicted molar refractivity (Wildman–Crippen MR) is 154 cm³/mol. The van der Waals surface area contributed by atoms with Gasteiger partial charge in [0, 0.05) is 32.6 Å². The van der Waals surface area contributed by atoms with Crippen LogP contribution in [0, 0.1) is 0 Å². The van der Waals surface area contributed by atoms with E-state index in [0.29, 0.717) is 75.9 Å². The van der Waals surface area contributed by atoms with Gasteiger partial charge in [0.1, 0.15) is 12.2 Å². The third-order valence-electron chi connectivity index (χ3n) is 7.53. The van der Waals surface area contributed by atoms with Gasteiger partial charge in [-0.3, -0.25) is 14.4 Å². The van der Waals surface area contributed by atoms with E-state index in [4.69, 9.17) is 16.3 Å². The number of hydrogen-bond acceptors (Lipinski definition) is 7. The summed E-state index contributed by atoms with van der Waals surface area (Å²) in [5, 5.41) is 6.84. The quantitative estimate of drug-likeness (QED) is 0.429. The lowest BCUT2D eigenvalue weighted by molar-refractivity contribution is -0.137. The second kappa shape index (κ2) is 12.4. The highest BCUT2D eigenvalue weighted by Gasteiger charge is 2.32. The minimum atomic E-state index is -4.58. The maximum Gasteiger partial charge on any atom is 0.416 e. The monoisotopic (exact) mass is 621 g/mol. The lowest BCUT2D eigenvalue weighted by Crippen LogP contribution is -2.50. The number of piperazine rings is 1. The Kier molecular flexibility index (Phi) is 8.79. The molecule has 2 aliphatic rings. The van der Waals surface area contributed by atoms with Crippen LogP contribution in [0.4, 0.5) is 24.5 Å². The van der Waals surface area contributed by atoms with Crippen molar-refractivity contribution in [2.24, 2.45) is 0 Å². The molecular weight excluding hydrogens is 591 g/mol. The SMILES string of the molecule is CCC(=O)N1CCN(c2c(CC)n(CC(=O)Nc3ccc(C(F)(F)F)cc3Cl)c3nc(C4=CCOCC4)nn3c2=O)CC1. The Morgan fingerprint density at radius 2 is 1.88 bits per heavy atom. The zero-order valence-corrected chi connectivity index (χ0v) is 24.5. The number of nitrogens with zero attached hydrogens (tertiary/aromatic N) is 6. The predicted octanol–water partition coefficient (Wildman–Crippen LogP) is 3.63. The van der Waals surface area contributed by atoms with Crippen molar-refractivity contribution in [3.8, 4) is 0 Å². The van der Waals surface area contributed by atoms with Gasteiger partial charge in [0.25, 0.3) is 5.56 Å². The van der Waals surface area contributed by atoms with E-state index >= 15 is 0 Å². The number of rotatable bonds is 7. The smallest absolute Gasteiger partial charge is 0.377 e. The Morgan fingerprint density at radius 1 is 1.14 bits per heavy atom. The van der Waals surface area contributed by atoms with Gasteiger partial charge in [0.2, 0.25) is 17.6 Å². The average Bonchev–Trinajstić information content (AvgIpc) is 3.45. The van der Waals surface area contributed by atoms with Crippen molar-refractivity contribution in [1.82, 2.24) is 24.1 Å². The van der Waals surface area contributed by atoms with Crippen molar-refractivity contribution in [3.05, 3.63) is 56.7 Å². The number of carbonyl (C=O) groups excluding carboxylic acids is 2. The number of fused-ring (bicyclic) bond motifs is 1. The molecule has 0 spiro atoms. The summed E-state index contributed by atoms with van der Waals surface area (Å²) in [6, 6.07) is 2.68. The first-order valence-corrected chi connectivity index (χ1v) is 14.4. The van der Waals surface area contributed by atoms with Crippen molar-refractivity contribution >= 4 is 46.1 Å². The number of alkyl halides is 3. The summed E-state index contributed by atoms with van der Waals surface area (Å²) in [6.07, 6.45) is -1.43. The summed E-state index contributed by atoms with van der Waals surface area (Å²) in [7, 11) is 0. The normalized spacial score (nSPS) is 16.0. The number of carbonyl (C=O) groups is 2. The highest BCUT2D eigenvalue weighted by Crippen LogP contribution is 2.34. The van der Waals surface area contributed by atoms with Gasteiger partial charge in [-0.05, 0) is 36.6 Å². The van der Waals surface area contributed by atoms with E-state index in [1.54, 1.807) is 16.4 Å². The Balaban J connectivity index is 1.54. The van der Waals surface area contributed by atoms with Crippen molar-refractivity contribution in [3.63, 3.8) is 0 Å². The van der Waals surface area contributed by atoms with Gasteiger partial charge in [-0.25, -0.2) is 0 Å². The first-order valence-electron chi connectivity index (χ1n) is 14.0. The lowest BCUT2D eigenvalue weighted by Gasteiger charge is -2.36. The molecule has 0 atom stereocenters. The molecule has 1 saturated heterocycles. The summed E-state index contributed by atoms with van der Waals surface area (Å²) in [4.78, 5) is 47.8. The maximum atomic E-state index is 13.9. The molecule has 0 unspecified atom stereocenters. The van der Waals surface area contributed by atoms with Crippen molar-refractivity contribution in [2.75, 3.05) is 49.6 Å². The molecule has 1 fully saturated rings.